The van der Waals surface area contributed by atoms with E-state index in [1.165, 1.54) is 22.9 Å². The number of nitrogens with zero attached hydrogens (tertiary/aromatic N) is 2. The lowest BCUT2D eigenvalue weighted by Gasteiger charge is -2.38. The zero-order valence-electron chi connectivity index (χ0n) is 11.7. The Morgan fingerprint density at radius 2 is 2.30 bits per heavy atom. The predicted octanol–water partition coefficient (Wildman–Crippen LogP) is 3.57. The Hall–Kier alpha value is -1.13. The lowest BCUT2D eigenvalue weighted by Crippen LogP contribution is -2.45. The Kier molecular flexibility index (Phi) is 4.22. The van der Waals surface area contributed by atoms with Crippen LogP contribution < -0.4 is 5.32 Å². The van der Waals surface area contributed by atoms with Crippen LogP contribution in [0.5, 0.6) is 0 Å². The van der Waals surface area contributed by atoms with Gasteiger partial charge >= 0.3 is 0 Å². The summed E-state index contributed by atoms with van der Waals surface area (Å²) in [6, 6.07) is 9.83. The number of benzene rings is 1. The highest BCUT2D eigenvalue weighted by molar-refractivity contribution is 9.10. The van der Waals surface area contributed by atoms with Crippen LogP contribution in [0.4, 0.5) is 0 Å². The molecule has 0 aliphatic heterocycles. The fourth-order valence-corrected chi connectivity index (χ4v) is 3.37. The van der Waals surface area contributed by atoms with Crippen LogP contribution in [0.15, 0.2) is 47.5 Å². The van der Waals surface area contributed by atoms with E-state index in [-0.39, 0.29) is 0 Å². The zero-order chi connectivity index (χ0) is 13.9. The molecule has 1 saturated carbocycles. The van der Waals surface area contributed by atoms with Crippen LogP contribution >= 0.6 is 15.9 Å². The van der Waals surface area contributed by atoms with Crippen LogP contribution in [0.1, 0.15) is 31.2 Å². The molecule has 1 unspecified atom stereocenters. The van der Waals surface area contributed by atoms with Crippen molar-refractivity contribution < 1.29 is 0 Å². The first-order chi connectivity index (χ1) is 9.70. The largest absolute Gasteiger partial charge is 0.336 e. The fraction of sp³-hybridized carbons (Fsp3) is 0.438. The summed E-state index contributed by atoms with van der Waals surface area (Å²) in [5.74, 6) is 0.713. The second kappa shape index (κ2) is 6.10. The highest BCUT2D eigenvalue weighted by Crippen LogP contribution is 2.37. The van der Waals surface area contributed by atoms with Crippen LogP contribution in [-0.2, 0) is 6.54 Å². The van der Waals surface area contributed by atoms with Gasteiger partial charge in [0, 0.05) is 35.5 Å². The van der Waals surface area contributed by atoms with Crippen molar-refractivity contribution in [3.8, 4) is 0 Å². The Morgan fingerprint density at radius 3 is 3.00 bits per heavy atom. The van der Waals surface area contributed by atoms with Gasteiger partial charge in [0.1, 0.15) is 0 Å². The van der Waals surface area contributed by atoms with E-state index >= 15 is 0 Å². The number of nitrogens with one attached hydrogen (secondary N) is 1. The molecular weight excluding hydrogens is 314 g/mol. The van der Waals surface area contributed by atoms with E-state index in [4.69, 9.17) is 0 Å². The lowest BCUT2D eigenvalue weighted by atomic mass is 9.75. The highest BCUT2D eigenvalue weighted by Gasteiger charge is 2.30. The van der Waals surface area contributed by atoms with Crippen molar-refractivity contribution in [1.82, 2.24) is 14.9 Å². The molecular formula is C16H20BrN3. The molecule has 1 atom stereocenters. The smallest absolute Gasteiger partial charge is 0.0946 e. The SMILES string of the molecule is CC(Cn1ccnc1)NC1CC(c2cccc(Br)c2)C1. The molecule has 106 valence electrons. The second-order valence-electron chi connectivity index (χ2n) is 5.75. The monoisotopic (exact) mass is 333 g/mol. The molecule has 0 amide bonds. The number of hydrogen-bond donors (Lipinski definition) is 1. The molecule has 1 aromatic heterocycles. The molecule has 1 aliphatic carbocycles. The Bertz CT molecular complexity index is 547. The number of aromatic nitrogens is 2. The van der Waals surface area contributed by atoms with Gasteiger partial charge in [0.15, 0.2) is 0 Å². The molecule has 1 aliphatic rings. The molecule has 0 saturated heterocycles. The third kappa shape index (κ3) is 3.30. The number of rotatable bonds is 5. The van der Waals surface area contributed by atoms with Crippen molar-refractivity contribution in [2.45, 2.75) is 44.3 Å². The van der Waals surface area contributed by atoms with Gasteiger partial charge in [-0.1, -0.05) is 28.1 Å². The topological polar surface area (TPSA) is 29.9 Å². The van der Waals surface area contributed by atoms with E-state index in [0.717, 1.165) is 6.54 Å². The minimum absolute atomic E-state index is 0.484. The molecule has 3 rings (SSSR count). The quantitative estimate of drug-likeness (QED) is 0.906. The van der Waals surface area contributed by atoms with E-state index in [1.807, 2.05) is 18.7 Å². The maximum atomic E-state index is 4.08. The van der Waals surface area contributed by atoms with Crippen LogP contribution in [0, 0.1) is 0 Å². The van der Waals surface area contributed by atoms with E-state index in [0.29, 0.717) is 18.0 Å². The molecule has 0 radical (unpaired) electrons. The molecule has 20 heavy (non-hydrogen) atoms. The normalized spacial score (nSPS) is 23.3. The molecule has 1 N–H and O–H groups in total. The first-order valence-corrected chi connectivity index (χ1v) is 7.97. The molecule has 1 fully saturated rings. The van der Waals surface area contributed by atoms with Gasteiger partial charge in [0.05, 0.1) is 6.33 Å². The molecule has 0 bridgehead atoms. The number of hydrogen-bond acceptors (Lipinski definition) is 2. The van der Waals surface area contributed by atoms with Gasteiger partial charge in [-0.3, -0.25) is 0 Å². The van der Waals surface area contributed by atoms with Crippen molar-refractivity contribution in [3.05, 3.63) is 53.0 Å². The van der Waals surface area contributed by atoms with E-state index in [1.54, 1.807) is 0 Å². The van der Waals surface area contributed by atoms with Crippen LogP contribution in [0.2, 0.25) is 0 Å². The summed E-state index contributed by atoms with van der Waals surface area (Å²) in [4.78, 5) is 4.08. The first-order valence-electron chi connectivity index (χ1n) is 7.18. The summed E-state index contributed by atoms with van der Waals surface area (Å²) in [5, 5.41) is 3.71. The minimum atomic E-state index is 0.484. The Morgan fingerprint density at radius 1 is 1.45 bits per heavy atom. The Balaban J connectivity index is 1.46. The average Bonchev–Trinajstić information content (AvgIpc) is 2.86. The van der Waals surface area contributed by atoms with Crippen molar-refractivity contribution in [2.75, 3.05) is 0 Å². The number of halogens is 1. The van der Waals surface area contributed by atoms with E-state index in [9.17, 15) is 0 Å². The maximum Gasteiger partial charge on any atom is 0.0946 e. The maximum absolute atomic E-state index is 4.08. The predicted molar refractivity (Wildman–Crippen MR) is 84.7 cm³/mol. The van der Waals surface area contributed by atoms with Crippen molar-refractivity contribution in [2.24, 2.45) is 0 Å². The van der Waals surface area contributed by atoms with Crippen molar-refractivity contribution in [1.29, 1.82) is 0 Å². The Labute approximate surface area is 128 Å². The average molecular weight is 334 g/mol. The summed E-state index contributed by atoms with van der Waals surface area (Å²) in [7, 11) is 0. The summed E-state index contributed by atoms with van der Waals surface area (Å²) < 4.78 is 3.31. The van der Waals surface area contributed by atoms with Gasteiger partial charge in [0.2, 0.25) is 0 Å². The van der Waals surface area contributed by atoms with Gasteiger partial charge in [0.25, 0.3) is 0 Å². The zero-order valence-corrected chi connectivity index (χ0v) is 13.3. The standard InChI is InChI=1S/C16H20BrN3/c1-12(10-20-6-5-18-11-20)19-16-8-14(9-16)13-3-2-4-15(17)7-13/h2-7,11-12,14,16,19H,8-10H2,1H3. The van der Waals surface area contributed by atoms with Crippen molar-refractivity contribution in [3.63, 3.8) is 0 Å². The van der Waals surface area contributed by atoms with Gasteiger partial charge in [-0.15, -0.1) is 0 Å². The summed E-state index contributed by atoms with van der Waals surface area (Å²) in [6.07, 6.45) is 8.21. The molecule has 2 aromatic rings. The molecule has 3 nitrogen and oxygen atoms in total. The van der Waals surface area contributed by atoms with Gasteiger partial charge in [-0.05, 0) is 43.4 Å². The van der Waals surface area contributed by atoms with Gasteiger partial charge in [-0.2, -0.15) is 0 Å². The molecule has 0 spiro atoms. The molecule has 1 heterocycles. The first kappa shape index (κ1) is 13.8. The summed E-state index contributed by atoms with van der Waals surface area (Å²) in [5.41, 5.74) is 1.46. The summed E-state index contributed by atoms with van der Waals surface area (Å²) in [6.45, 7) is 3.23. The minimum Gasteiger partial charge on any atom is -0.336 e. The lowest BCUT2D eigenvalue weighted by molar-refractivity contribution is 0.260. The molecule has 1 aromatic carbocycles. The third-order valence-corrected chi connectivity index (χ3v) is 4.52. The van der Waals surface area contributed by atoms with Crippen LogP contribution in [-0.4, -0.2) is 21.6 Å². The van der Waals surface area contributed by atoms with Crippen LogP contribution in [0.3, 0.4) is 0 Å². The third-order valence-electron chi connectivity index (χ3n) is 4.02. The number of imidazole rings is 1. The highest BCUT2D eigenvalue weighted by atomic mass is 79.9. The second-order valence-corrected chi connectivity index (χ2v) is 6.66. The van der Waals surface area contributed by atoms with Crippen molar-refractivity contribution >= 4 is 15.9 Å². The van der Waals surface area contributed by atoms with Gasteiger partial charge < -0.3 is 9.88 Å². The van der Waals surface area contributed by atoms with E-state index < -0.39 is 0 Å². The van der Waals surface area contributed by atoms with Gasteiger partial charge in [-0.25, -0.2) is 4.98 Å². The molecule has 4 heteroatoms. The summed E-state index contributed by atoms with van der Waals surface area (Å²) >= 11 is 3.55. The fourth-order valence-electron chi connectivity index (χ4n) is 2.95. The van der Waals surface area contributed by atoms with Crippen LogP contribution in [0.25, 0.3) is 0 Å². The van der Waals surface area contributed by atoms with E-state index in [2.05, 4.69) is 62.0 Å².